The van der Waals surface area contributed by atoms with Crippen molar-refractivity contribution in [3.63, 3.8) is 0 Å². The summed E-state index contributed by atoms with van der Waals surface area (Å²) >= 11 is 0. The van der Waals surface area contributed by atoms with Gasteiger partial charge in [-0.3, -0.25) is 0 Å². The number of nitrogens with zero attached hydrogens (tertiary/aromatic N) is 6. The van der Waals surface area contributed by atoms with E-state index in [0.29, 0.717) is 23.0 Å². The molecule has 12 rings (SSSR count). The summed E-state index contributed by atoms with van der Waals surface area (Å²) < 4.78 is 4.78. The number of hydrogen-bond donors (Lipinski definition) is 0. The number of nitriles is 1. The Balaban J connectivity index is 1.10. The van der Waals surface area contributed by atoms with E-state index < -0.39 is 0 Å². The molecule has 0 fully saturated rings. The van der Waals surface area contributed by atoms with Gasteiger partial charge < -0.3 is 9.13 Å². The van der Waals surface area contributed by atoms with Crippen molar-refractivity contribution in [1.29, 1.82) is 5.26 Å². The van der Waals surface area contributed by atoms with E-state index >= 15 is 0 Å². The van der Waals surface area contributed by atoms with E-state index in [1.165, 1.54) is 27.2 Å². The summed E-state index contributed by atoms with van der Waals surface area (Å²) in [5.74, 6) is 1.56. The van der Waals surface area contributed by atoms with Crippen LogP contribution in [0.5, 0.6) is 0 Å². The molecule has 0 aliphatic rings. The molecule has 0 radical (unpaired) electrons. The van der Waals surface area contributed by atoms with Crippen molar-refractivity contribution in [3.8, 4) is 73.9 Å². The van der Waals surface area contributed by atoms with Crippen LogP contribution >= 0.6 is 0 Å². The second-order valence-corrected chi connectivity index (χ2v) is 15.9. The molecule has 3 heterocycles. The molecular weight excluding hydrogens is 781 g/mol. The molecule has 298 valence electrons. The summed E-state index contributed by atoms with van der Waals surface area (Å²) in [4.78, 5) is 15.6. The molecule has 64 heavy (non-hydrogen) atoms. The third-order valence-electron chi connectivity index (χ3n) is 12.2. The van der Waals surface area contributed by atoms with Crippen LogP contribution in [-0.2, 0) is 0 Å². The van der Waals surface area contributed by atoms with Gasteiger partial charge in [-0.15, -0.1) is 0 Å². The average molecular weight is 817 g/mol. The van der Waals surface area contributed by atoms with Crippen molar-refractivity contribution in [3.05, 3.63) is 224 Å². The molecule has 0 bridgehead atoms. The minimum Gasteiger partial charge on any atom is -0.309 e. The normalized spacial score (nSPS) is 11.4. The Morgan fingerprint density at radius 1 is 0.344 bits per heavy atom. The first-order chi connectivity index (χ1) is 31.7. The zero-order valence-corrected chi connectivity index (χ0v) is 34.5. The van der Waals surface area contributed by atoms with Crippen LogP contribution in [0.15, 0.2) is 218 Å². The predicted molar refractivity (Wildman–Crippen MR) is 260 cm³/mol. The van der Waals surface area contributed by atoms with Crippen LogP contribution in [0.3, 0.4) is 0 Å². The number of aromatic nitrogens is 5. The second-order valence-electron chi connectivity index (χ2n) is 15.9. The Kier molecular flexibility index (Phi) is 8.77. The maximum Gasteiger partial charge on any atom is 0.164 e. The van der Waals surface area contributed by atoms with Gasteiger partial charge in [0.25, 0.3) is 0 Å². The molecule has 0 spiro atoms. The highest BCUT2D eigenvalue weighted by Gasteiger charge is 2.22. The van der Waals surface area contributed by atoms with Crippen LogP contribution in [0.25, 0.3) is 111 Å². The number of hydrogen-bond acceptors (Lipinski definition) is 4. The quantitative estimate of drug-likeness (QED) is 0.161. The van der Waals surface area contributed by atoms with E-state index in [2.05, 4.69) is 185 Å². The SMILES string of the molecule is N#Cc1cccc(-c2nc(-c3ccc(-c4ccccc4)cc3)nc(-c3cc(-n4c5ccccc5c5c(-n6c7ccccc7c7ccccc76)cccc54)ccc3-c3ccccc3)n2)c1. The average Bonchev–Trinajstić information content (AvgIpc) is 3.90. The third kappa shape index (κ3) is 6.14. The van der Waals surface area contributed by atoms with E-state index in [0.717, 1.165) is 66.7 Å². The van der Waals surface area contributed by atoms with Gasteiger partial charge in [-0.05, 0) is 76.9 Å². The van der Waals surface area contributed by atoms with E-state index in [1.54, 1.807) is 6.07 Å². The first-order valence-corrected chi connectivity index (χ1v) is 21.3. The fourth-order valence-electron chi connectivity index (χ4n) is 9.30. The van der Waals surface area contributed by atoms with Crippen molar-refractivity contribution < 1.29 is 0 Å². The Morgan fingerprint density at radius 2 is 0.859 bits per heavy atom. The Labute approximate surface area is 369 Å². The van der Waals surface area contributed by atoms with Gasteiger partial charge in [0.1, 0.15) is 0 Å². The lowest BCUT2D eigenvalue weighted by Gasteiger charge is -2.16. The van der Waals surface area contributed by atoms with Gasteiger partial charge in [-0.1, -0.05) is 164 Å². The highest BCUT2D eigenvalue weighted by Crippen LogP contribution is 2.42. The van der Waals surface area contributed by atoms with Crippen molar-refractivity contribution >= 4 is 43.6 Å². The van der Waals surface area contributed by atoms with Crippen molar-refractivity contribution in [2.24, 2.45) is 0 Å². The second kappa shape index (κ2) is 15.2. The molecule has 0 saturated carbocycles. The van der Waals surface area contributed by atoms with Crippen molar-refractivity contribution in [1.82, 2.24) is 24.1 Å². The summed E-state index contributed by atoms with van der Waals surface area (Å²) in [6.07, 6.45) is 0. The minimum atomic E-state index is 0.487. The molecule has 12 aromatic rings. The minimum absolute atomic E-state index is 0.487. The Bertz CT molecular complexity index is 3730. The zero-order valence-electron chi connectivity index (χ0n) is 34.5. The van der Waals surface area contributed by atoms with Crippen molar-refractivity contribution in [2.45, 2.75) is 0 Å². The first kappa shape index (κ1) is 36.9. The predicted octanol–water partition coefficient (Wildman–Crippen LogP) is 14.3. The molecule has 0 unspecified atom stereocenters. The van der Waals surface area contributed by atoms with Gasteiger partial charge in [0.15, 0.2) is 17.5 Å². The fraction of sp³-hybridized carbons (Fsp3) is 0. The number of para-hydroxylation sites is 3. The molecule has 0 aliphatic heterocycles. The van der Waals surface area contributed by atoms with Crippen LogP contribution in [-0.4, -0.2) is 24.1 Å². The van der Waals surface area contributed by atoms with E-state index in [1.807, 2.05) is 42.5 Å². The monoisotopic (exact) mass is 816 g/mol. The first-order valence-electron chi connectivity index (χ1n) is 21.3. The summed E-state index contributed by atoms with van der Waals surface area (Å²) in [6.45, 7) is 0. The van der Waals surface area contributed by atoms with Crippen LogP contribution in [0.2, 0.25) is 0 Å². The molecule has 0 atom stereocenters. The van der Waals surface area contributed by atoms with Gasteiger partial charge in [0, 0.05) is 43.9 Å². The van der Waals surface area contributed by atoms with Crippen LogP contribution in [0.4, 0.5) is 0 Å². The Hall–Kier alpha value is -8.92. The summed E-state index contributed by atoms with van der Waals surface area (Å²) in [6, 6.07) is 78.1. The van der Waals surface area contributed by atoms with E-state index in [-0.39, 0.29) is 0 Å². The van der Waals surface area contributed by atoms with Gasteiger partial charge >= 0.3 is 0 Å². The fourth-order valence-corrected chi connectivity index (χ4v) is 9.30. The molecule has 0 N–H and O–H groups in total. The van der Waals surface area contributed by atoms with Gasteiger partial charge in [0.05, 0.1) is 39.4 Å². The summed E-state index contributed by atoms with van der Waals surface area (Å²) in [5.41, 5.74) is 13.9. The molecule has 6 heteroatoms. The van der Waals surface area contributed by atoms with Crippen LogP contribution in [0.1, 0.15) is 5.56 Å². The van der Waals surface area contributed by atoms with Crippen molar-refractivity contribution in [2.75, 3.05) is 0 Å². The van der Waals surface area contributed by atoms with Gasteiger partial charge in [0.2, 0.25) is 0 Å². The summed E-state index contributed by atoms with van der Waals surface area (Å²) in [7, 11) is 0. The smallest absolute Gasteiger partial charge is 0.164 e. The van der Waals surface area contributed by atoms with E-state index in [9.17, 15) is 5.26 Å². The Morgan fingerprint density at radius 3 is 1.55 bits per heavy atom. The highest BCUT2D eigenvalue weighted by molar-refractivity contribution is 6.16. The van der Waals surface area contributed by atoms with E-state index in [4.69, 9.17) is 15.0 Å². The van der Waals surface area contributed by atoms with Crippen LogP contribution in [0, 0.1) is 11.3 Å². The number of rotatable bonds is 7. The molecule has 0 saturated heterocycles. The highest BCUT2D eigenvalue weighted by atomic mass is 15.0. The standard InChI is InChI=1S/C58H36N6/c59-37-38-15-13-20-43(35-38)57-60-56(42-31-29-40(30-32-42)39-16-3-1-4-17-39)61-58(62-57)49-36-44(33-34-45(49)41-18-5-2-6-19-41)63-52-26-12-9-23-48(52)55-53(63)27-14-28-54(55)64-50-24-10-7-21-46(50)47-22-8-11-25-51(47)64/h1-36H. The lowest BCUT2D eigenvalue weighted by Crippen LogP contribution is -2.03. The topological polar surface area (TPSA) is 72.3 Å². The third-order valence-corrected chi connectivity index (χ3v) is 12.2. The number of fused-ring (bicyclic) bond motifs is 6. The molecule has 0 amide bonds. The molecular formula is C58H36N6. The largest absolute Gasteiger partial charge is 0.309 e. The zero-order chi connectivity index (χ0) is 42.6. The lowest BCUT2D eigenvalue weighted by atomic mass is 9.98. The maximum atomic E-state index is 9.89. The number of benzene rings is 9. The molecule has 9 aromatic carbocycles. The molecule has 3 aromatic heterocycles. The molecule has 0 aliphatic carbocycles. The summed E-state index contributed by atoms with van der Waals surface area (Å²) in [5, 5.41) is 14.7. The van der Waals surface area contributed by atoms with Crippen LogP contribution < -0.4 is 0 Å². The molecule has 6 nitrogen and oxygen atoms in total. The van der Waals surface area contributed by atoms with Gasteiger partial charge in [-0.2, -0.15) is 5.26 Å². The lowest BCUT2D eigenvalue weighted by molar-refractivity contribution is 1.07. The van der Waals surface area contributed by atoms with Gasteiger partial charge in [-0.25, -0.2) is 15.0 Å². The maximum absolute atomic E-state index is 9.89.